The number of carbonyl (C=O) groups is 1. The van der Waals surface area contributed by atoms with Gasteiger partial charge in [0.25, 0.3) is 6.43 Å². The Morgan fingerprint density at radius 2 is 2.00 bits per heavy atom. The summed E-state index contributed by atoms with van der Waals surface area (Å²) < 4.78 is 56.0. The van der Waals surface area contributed by atoms with Gasteiger partial charge in [-0.1, -0.05) is 12.1 Å². The van der Waals surface area contributed by atoms with E-state index >= 15 is 0 Å². The number of benzene rings is 1. The van der Waals surface area contributed by atoms with E-state index in [1.54, 1.807) is 6.07 Å². The highest BCUT2D eigenvalue weighted by Gasteiger charge is 2.30. The molecule has 0 bridgehead atoms. The maximum Gasteiger partial charge on any atom is 0.387 e. The number of carbonyl (C=O) groups excluding carboxylic acids is 1. The van der Waals surface area contributed by atoms with Crippen LogP contribution in [0.1, 0.15) is 36.6 Å². The Morgan fingerprint density at radius 3 is 2.64 bits per heavy atom. The second-order valence-electron chi connectivity index (χ2n) is 5.65. The lowest BCUT2D eigenvalue weighted by Crippen LogP contribution is -2.21. The first kappa shape index (κ1) is 17.2. The van der Waals surface area contributed by atoms with Crippen LogP contribution in [-0.2, 0) is 11.3 Å². The van der Waals surface area contributed by atoms with Crippen molar-refractivity contribution in [2.45, 2.75) is 38.3 Å². The number of amides is 1. The molecule has 0 saturated heterocycles. The number of ether oxygens (including phenoxy) is 1. The van der Waals surface area contributed by atoms with Crippen molar-refractivity contribution in [2.75, 3.05) is 5.32 Å². The molecule has 25 heavy (non-hydrogen) atoms. The molecule has 1 amide bonds. The lowest BCUT2D eigenvalue weighted by molar-refractivity contribution is -0.117. The van der Waals surface area contributed by atoms with Gasteiger partial charge in [0.2, 0.25) is 5.91 Å². The van der Waals surface area contributed by atoms with Gasteiger partial charge in [-0.3, -0.25) is 9.48 Å². The molecule has 1 fully saturated rings. The molecule has 1 N–H and O–H groups in total. The fourth-order valence-corrected chi connectivity index (χ4v) is 2.49. The van der Waals surface area contributed by atoms with E-state index in [2.05, 4.69) is 15.2 Å². The summed E-state index contributed by atoms with van der Waals surface area (Å²) in [6.07, 6.45) is -0.996. The molecule has 9 heteroatoms. The average molecular weight is 357 g/mol. The van der Waals surface area contributed by atoms with Crippen molar-refractivity contribution in [2.24, 2.45) is 0 Å². The SMILES string of the molecule is O=C(Cn1nc(C(F)F)cc1C1CC1)Nc1ccccc1OC(F)F. The summed E-state index contributed by atoms with van der Waals surface area (Å²) in [6, 6.07) is 7.04. The van der Waals surface area contributed by atoms with Crippen LogP contribution in [0.5, 0.6) is 5.75 Å². The Labute approximate surface area is 140 Å². The van der Waals surface area contributed by atoms with Crippen molar-refractivity contribution in [1.29, 1.82) is 0 Å². The molecular formula is C16H15F4N3O2. The van der Waals surface area contributed by atoms with Crippen LogP contribution >= 0.6 is 0 Å². The Hall–Kier alpha value is -2.58. The number of hydrogen-bond acceptors (Lipinski definition) is 3. The lowest BCUT2D eigenvalue weighted by Gasteiger charge is -2.12. The van der Waals surface area contributed by atoms with Crippen molar-refractivity contribution in [3.63, 3.8) is 0 Å². The third-order valence-electron chi connectivity index (χ3n) is 3.72. The highest BCUT2D eigenvalue weighted by molar-refractivity contribution is 5.92. The second kappa shape index (κ2) is 7.12. The van der Waals surface area contributed by atoms with Crippen molar-refractivity contribution >= 4 is 11.6 Å². The fraction of sp³-hybridized carbons (Fsp3) is 0.375. The number of rotatable bonds is 7. The largest absolute Gasteiger partial charge is 0.433 e. The molecule has 0 atom stereocenters. The lowest BCUT2D eigenvalue weighted by atomic mass is 10.2. The smallest absolute Gasteiger partial charge is 0.387 e. The Morgan fingerprint density at radius 1 is 1.28 bits per heavy atom. The zero-order valence-corrected chi connectivity index (χ0v) is 13.0. The van der Waals surface area contributed by atoms with Crippen LogP contribution in [0.15, 0.2) is 30.3 Å². The van der Waals surface area contributed by atoms with E-state index in [1.165, 1.54) is 28.9 Å². The van der Waals surface area contributed by atoms with E-state index in [9.17, 15) is 22.4 Å². The zero-order valence-electron chi connectivity index (χ0n) is 13.0. The highest BCUT2D eigenvalue weighted by atomic mass is 19.3. The van der Waals surface area contributed by atoms with E-state index in [-0.39, 0.29) is 29.6 Å². The first-order chi connectivity index (χ1) is 11.9. The number of hydrogen-bond donors (Lipinski definition) is 1. The van der Waals surface area contributed by atoms with Gasteiger partial charge in [0.05, 0.1) is 5.69 Å². The number of halogens is 4. The third kappa shape index (κ3) is 4.28. The second-order valence-corrected chi connectivity index (χ2v) is 5.65. The van der Waals surface area contributed by atoms with Gasteiger partial charge in [-0.25, -0.2) is 8.78 Å². The quantitative estimate of drug-likeness (QED) is 0.764. The minimum absolute atomic E-state index is 0.0713. The molecule has 1 aromatic carbocycles. The summed E-state index contributed by atoms with van der Waals surface area (Å²) >= 11 is 0. The monoisotopic (exact) mass is 357 g/mol. The van der Waals surface area contributed by atoms with Crippen LogP contribution in [-0.4, -0.2) is 22.3 Å². The molecule has 5 nitrogen and oxygen atoms in total. The highest BCUT2D eigenvalue weighted by Crippen LogP contribution is 2.41. The molecule has 1 saturated carbocycles. The van der Waals surface area contributed by atoms with Crippen LogP contribution in [0.25, 0.3) is 0 Å². The van der Waals surface area contributed by atoms with Crippen molar-refractivity contribution in [1.82, 2.24) is 9.78 Å². The molecular weight excluding hydrogens is 342 g/mol. The number of anilines is 1. The molecule has 1 aromatic heterocycles. The number of nitrogens with one attached hydrogen (secondary N) is 1. The van der Waals surface area contributed by atoms with Gasteiger partial charge >= 0.3 is 6.61 Å². The molecule has 0 radical (unpaired) electrons. The minimum atomic E-state index is -3.03. The Bertz CT molecular complexity index is 760. The van der Waals surface area contributed by atoms with Crippen LogP contribution in [0.2, 0.25) is 0 Å². The summed E-state index contributed by atoms with van der Waals surface area (Å²) in [5.41, 5.74) is 0.278. The molecule has 0 aliphatic heterocycles. The number of nitrogens with zero attached hydrogens (tertiary/aromatic N) is 2. The van der Waals surface area contributed by atoms with E-state index in [4.69, 9.17) is 0 Å². The normalized spacial score (nSPS) is 14.2. The topological polar surface area (TPSA) is 56.2 Å². The average Bonchev–Trinajstić information content (AvgIpc) is 3.29. The molecule has 1 heterocycles. The van der Waals surface area contributed by atoms with Gasteiger partial charge in [-0.2, -0.15) is 13.9 Å². The number of alkyl halides is 4. The van der Waals surface area contributed by atoms with Gasteiger partial charge in [0.15, 0.2) is 0 Å². The van der Waals surface area contributed by atoms with Gasteiger partial charge in [-0.15, -0.1) is 0 Å². The molecule has 1 aliphatic carbocycles. The predicted octanol–water partition coefficient (Wildman–Crippen LogP) is 3.94. The summed E-state index contributed by atoms with van der Waals surface area (Å²) in [5, 5.41) is 6.22. The summed E-state index contributed by atoms with van der Waals surface area (Å²) in [7, 11) is 0. The zero-order chi connectivity index (χ0) is 18.0. The van der Waals surface area contributed by atoms with Crippen molar-refractivity contribution < 1.29 is 27.1 Å². The van der Waals surface area contributed by atoms with Gasteiger partial charge in [-0.05, 0) is 31.0 Å². The Balaban J connectivity index is 1.73. The van der Waals surface area contributed by atoms with Crippen molar-refractivity contribution in [3.8, 4) is 5.75 Å². The Kier molecular flexibility index (Phi) is 4.91. The number of para-hydroxylation sites is 2. The standard InChI is InChI=1S/C16H15F4N3O2/c17-15(18)11-7-12(9-5-6-9)23(22-11)8-14(24)21-10-3-1-2-4-13(10)25-16(19)20/h1-4,7,9,15-16H,5-6,8H2,(H,21,24). The first-order valence-corrected chi connectivity index (χ1v) is 7.63. The molecule has 3 rings (SSSR count). The van der Waals surface area contributed by atoms with Gasteiger partial charge in [0.1, 0.15) is 18.0 Å². The van der Waals surface area contributed by atoms with Crippen LogP contribution in [0.3, 0.4) is 0 Å². The van der Waals surface area contributed by atoms with Crippen LogP contribution in [0, 0.1) is 0 Å². The summed E-state index contributed by atoms with van der Waals surface area (Å²) in [6.45, 7) is -3.32. The maximum absolute atomic E-state index is 12.8. The van der Waals surface area contributed by atoms with Crippen LogP contribution in [0.4, 0.5) is 23.2 Å². The van der Waals surface area contributed by atoms with Gasteiger partial charge < -0.3 is 10.1 Å². The van der Waals surface area contributed by atoms with Crippen LogP contribution < -0.4 is 10.1 Å². The molecule has 134 valence electrons. The number of aromatic nitrogens is 2. The van der Waals surface area contributed by atoms with Gasteiger partial charge in [0, 0.05) is 11.6 Å². The summed E-state index contributed by atoms with van der Waals surface area (Å²) in [4.78, 5) is 12.2. The third-order valence-corrected chi connectivity index (χ3v) is 3.72. The minimum Gasteiger partial charge on any atom is -0.433 e. The molecule has 0 unspecified atom stereocenters. The molecule has 1 aliphatic rings. The molecule has 2 aromatic rings. The molecule has 0 spiro atoms. The fourth-order valence-electron chi connectivity index (χ4n) is 2.49. The van der Waals surface area contributed by atoms with E-state index in [0.717, 1.165) is 12.8 Å². The van der Waals surface area contributed by atoms with E-state index < -0.39 is 18.9 Å². The first-order valence-electron chi connectivity index (χ1n) is 7.63. The van der Waals surface area contributed by atoms with Crippen molar-refractivity contribution in [3.05, 3.63) is 41.7 Å². The van der Waals surface area contributed by atoms with E-state index in [1.807, 2.05) is 0 Å². The van der Waals surface area contributed by atoms with E-state index in [0.29, 0.717) is 5.69 Å². The maximum atomic E-state index is 12.8. The predicted molar refractivity (Wildman–Crippen MR) is 80.9 cm³/mol. The summed E-state index contributed by atoms with van der Waals surface area (Å²) in [5.74, 6) is -0.625.